The molecule has 104 valence electrons. The number of likely N-dealkylation sites (tertiary alicyclic amines) is 1. The van der Waals surface area contributed by atoms with Crippen molar-refractivity contribution >= 4 is 17.6 Å². The van der Waals surface area contributed by atoms with Gasteiger partial charge in [0.05, 0.1) is 5.41 Å². The van der Waals surface area contributed by atoms with Gasteiger partial charge in [-0.2, -0.15) is 0 Å². The van der Waals surface area contributed by atoms with Crippen LogP contribution in [-0.4, -0.2) is 29.0 Å². The van der Waals surface area contributed by atoms with Crippen molar-refractivity contribution < 1.29 is 14.4 Å². The van der Waals surface area contributed by atoms with Crippen LogP contribution in [0.2, 0.25) is 0 Å². The van der Waals surface area contributed by atoms with Gasteiger partial charge in [0.2, 0.25) is 11.8 Å². The van der Waals surface area contributed by atoms with Crippen LogP contribution < -0.4 is 0 Å². The van der Waals surface area contributed by atoms with E-state index in [2.05, 4.69) is 6.58 Å². The standard InChI is InChI=1S/C15H21NO3/c1-2-9-15(10-4-3-6-12(15)17)11-16-13(18)7-5-8-14(16)19/h2H,1,3-11H2/t15-/m1/s1. The molecule has 0 aromatic carbocycles. The van der Waals surface area contributed by atoms with Crippen LogP contribution in [-0.2, 0) is 14.4 Å². The molecule has 0 bridgehead atoms. The lowest BCUT2D eigenvalue weighted by Crippen LogP contribution is -2.50. The fourth-order valence-corrected chi connectivity index (χ4v) is 3.16. The van der Waals surface area contributed by atoms with Gasteiger partial charge < -0.3 is 0 Å². The van der Waals surface area contributed by atoms with Gasteiger partial charge >= 0.3 is 0 Å². The molecule has 1 saturated carbocycles. The Hall–Kier alpha value is -1.45. The van der Waals surface area contributed by atoms with E-state index in [9.17, 15) is 14.4 Å². The molecule has 0 spiro atoms. The van der Waals surface area contributed by atoms with Gasteiger partial charge in [0, 0.05) is 25.8 Å². The van der Waals surface area contributed by atoms with Gasteiger partial charge in [-0.1, -0.05) is 12.5 Å². The molecular weight excluding hydrogens is 242 g/mol. The summed E-state index contributed by atoms with van der Waals surface area (Å²) in [6, 6.07) is 0. The lowest BCUT2D eigenvalue weighted by Gasteiger charge is -2.39. The predicted octanol–water partition coefficient (Wildman–Crippen LogP) is 2.23. The molecule has 2 amide bonds. The quantitative estimate of drug-likeness (QED) is 0.577. The average molecular weight is 263 g/mol. The molecule has 0 aromatic heterocycles. The van der Waals surface area contributed by atoms with E-state index in [4.69, 9.17) is 0 Å². The molecule has 1 saturated heterocycles. The summed E-state index contributed by atoms with van der Waals surface area (Å²) < 4.78 is 0. The van der Waals surface area contributed by atoms with Crippen molar-refractivity contribution in [3.63, 3.8) is 0 Å². The Kier molecular flexibility index (Phi) is 4.17. The first kappa shape index (κ1) is 14.0. The third kappa shape index (κ3) is 2.77. The third-order valence-corrected chi connectivity index (χ3v) is 4.28. The Bertz CT molecular complexity index is 400. The molecule has 1 aliphatic heterocycles. The Balaban J connectivity index is 2.19. The van der Waals surface area contributed by atoms with Crippen LogP contribution in [0.4, 0.5) is 0 Å². The van der Waals surface area contributed by atoms with E-state index in [1.54, 1.807) is 6.08 Å². The van der Waals surface area contributed by atoms with Gasteiger partial charge in [0.25, 0.3) is 0 Å². The van der Waals surface area contributed by atoms with Crippen molar-refractivity contribution in [1.82, 2.24) is 4.90 Å². The second-order valence-electron chi connectivity index (χ2n) is 5.63. The molecule has 0 radical (unpaired) electrons. The molecule has 2 aliphatic rings. The minimum Gasteiger partial charge on any atom is -0.299 e. The number of piperidine rings is 1. The minimum absolute atomic E-state index is 0.127. The monoisotopic (exact) mass is 263 g/mol. The fourth-order valence-electron chi connectivity index (χ4n) is 3.16. The van der Waals surface area contributed by atoms with Crippen molar-refractivity contribution in [3.8, 4) is 0 Å². The van der Waals surface area contributed by atoms with Gasteiger partial charge in [-0.05, 0) is 25.7 Å². The maximum absolute atomic E-state index is 12.3. The van der Waals surface area contributed by atoms with Crippen molar-refractivity contribution in [2.75, 3.05) is 6.54 Å². The Labute approximate surface area is 113 Å². The average Bonchev–Trinajstić information content (AvgIpc) is 2.38. The highest BCUT2D eigenvalue weighted by Crippen LogP contribution is 2.38. The largest absolute Gasteiger partial charge is 0.299 e. The number of hydrogen-bond acceptors (Lipinski definition) is 3. The topological polar surface area (TPSA) is 54.5 Å². The fraction of sp³-hybridized carbons (Fsp3) is 0.667. The van der Waals surface area contributed by atoms with Crippen molar-refractivity contribution in [2.45, 2.75) is 51.4 Å². The molecule has 19 heavy (non-hydrogen) atoms. The zero-order chi connectivity index (χ0) is 13.9. The van der Waals surface area contributed by atoms with E-state index < -0.39 is 5.41 Å². The Morgan fingerprint density at radius 2 is 1.74 bits per heavy atom. The molecule has 0 N–H and O–H groups in total. The number of nitrogens with zero attached hydrogens (tertiary/aromatic N) is 1. The highest BCUT2D eigenvalue weighted by atomic mass is 16.2. The molecule has 0 unspecified atom stereocenters. The van der Waals surface area contributed by atoms with Gasteiger partial charge in [0.1, 0.15) is 5.78 Å². The molecule has 1 atom stereocenters. The molecule has 1 heterocycles. The number of allylic oxidation sites excluding steroid dienone is 1. The van der Waals surface area contributed by atoms with E-state index >= 15 is 0 Å². The first-order valence-corrected chi connectivity index (χ1v) is 7.06. The summed E-state index contributed by atoms with van der Waals surface area (Å²) in [5, 5.41) is 0. The number of amides is 2. The predicted molar refractivity (Wildman–Crippen MR) is 71.3 cm³/mol. The van der Waals surface area contributed by atoms with Crippen molar-refractivity contribution in [1.29, 1.82) is 0 Å². The van der Waals surface area contributed by atoms with E-state index in [1.807, 2.05) is 0 Å². The van der Waals surface area contributed by atoms with Crippen molar-refractivity contribution in [3.05, 3.63) is 12.7 Å². The number of rotatable bonds is 4. The minimum atomic E-state index is -0.567. The Morgan fingerprint density at radius 3 is 2.32 bits per heavy atom. The summed E-state index contributed by atoms with van der Waals surface area (Å²) in [7, 11) is 0. The first-order valence-electron chi connectivity index (χ1n) is 7.06. The summed E-state index contributed by atoms with van der Waals surface area (Å²) in [5.41, 5.74) is -0.567. The number of Topliss-reactive ketones (excluding diaryl/α,β-unsaturated/α-hetero) is 1. The van der Waals surface area contributed by atoms with Crippen LogP contribution in [0.15, 0.2) is 12.7 Å². The van der Waals surface area contributed by atoms with Crippen LogP contribution in [0.5, 0.6) is 0 Å². The SMILES string of the molecule is C=CC[C@]1(CN2C(=O)CCCC2=O)CCCCC1=O. The molecule has 1 aliphatic carbocycles. The van der Waals surface area contributed by atoms with Crippen LogP contribution in [0, 0.1) is 5.41 Å². The second-order valence-corrected chi connectivity index (χ2v) is 5.63. The van der Waals surface area contributed by atoms with E-state index in [1.165, 1.54) is 4.90 Å². The highest BCUT2D eigenvalue weighted by Gasteiger charge is 2.42. The van der Waals surface area contributed by atoms with Crippen LogP contribution in [0.1, 0.15) is 51.4 Å². The number of hydrogen-bond donors (Lipinski definition) is 0. The van der Waals surface area contributed by atoms with E-state index in [0.717, 1.165) is 19.3 Å². The van der Waals surface area contributed by atoms with Crippen LogP contribution >= 0.6 is 0 Å². The molecular formula is C15H21NO3. The van der Waals surface area contributed by atoms with E-state index in [-0.39, 0.29) is 24.1 Å². The highest BCUT2D eigenvalue weighted by molar-refractivity contribution is 5.98. The molecule has 4 heteroatoms. The molecule has 2 rings (SSSR count). The Morgan fingerprint density at radius 1 is 1.05 bits per heavy atom. The lowest BCUT2D eigenvalue weighted by atomic mass is 9.70. The van der Waals surface area contributed by atoms with Gasteiger partial charge in [-0.15, -0.1) is 6.58 Å². The maximum atomic E-state index is 12.3. The zero-order valence-corrected chi connectivity index (χ0v) is 11.3. The normalized spacial score (nSPS) is 28.6. The number of carbonyl (C=O) groups excluding carboxylic acids is 3. The summed E-state index contributed by atoms with van der Waals surface area (Å²) in [5.74, 6) is -0.0686. The maximum Gasteiger partial charge on any atom is 0.229 e. The summed E-state index contributed by atoms with van der Waals surface area (Å²) in [6.45, 7) is 3.98. The van der Waals surface area contributed by atoms with Gasteiger partial charge in [-0.3, -0.25) is 19.3 Å². The molecule has 0 aromatic rings. The summed E-state index contributed by atoms with van der Waals surface area (Å²) in [6.07, 6.45) is 6.99. The molecule has 2 fully saturated rings. The van der Waals surface area contributed by atoms with Gasteiger partial charge in [0.15, 0.2) is 0 Å². The third-order valence-electron chi connectivity index (χ3n) is 4.28. The second kappa shape index (κ2) is 5.68. The summed E-state index contributed by atoms with van der Waals surface area (Å²) >= 11 is 0. The van der Waals surface area contributed by atoms with E-state index in [0.29, 0.717) is 32.1 Å². The van der Waals surface area contributed by atoms with Crippen LogP contribution in [0.3, 0.4) is 0 Å². The zero-order valence-electron chi connectivity index (χ0n) is 11.3. The molecule has 4 nitrogen and oxygen atoms in total. The first-order chi connectivity index (χ1) is 9.09. The summed E-state index contributed by atoms with van der Waals surface area (Å²) in [4.78, 5) is 37.4. The van der Waals surface area contributed by atoms with Crippen LogP contribution in [0.25, 0.3) is 0 Å². The number of carbonyl (C=O) groups is 3. The van der Waals surface area contributed by atoms with Gasteiger partial charge in [-0.25, -0.2) is 0 Å². The number of ketones is 1. The van der Waals surface area contributed by atoms with Crippen molar-refractivity contribution in [2.24, 2.45) is 5.41 Å². The lowest BCUT2D eigenvalue weighted by molar-refractivity contribution is -0.151. The number of imide groups is 1. The smallest absolute Gasteiger partial charge is 0.229 e.